The number of piperazine rings is 1. The number of rotatable bonds is 4. The Labute approximate surface area is 141 Å². The topological polar surface area (TPSA) is 28.2 Å². The number of hydrogen-bond donors (Lipinski definition) is 1. The van der Waals surface area contributed by atoms with Crippen molar-refractivity contribution in [1.29, 1.82) is 0 Å². The molecule has 0 aliphatic carbocycles. The summed E-state index contributed by atoms with van der Waals surface area (Å²) in [5.74, 6) is 0. The van der Waals surface area contributed by atoms with E-state index in [2.05, 4.69) is 27.3 Å². The maximum atomic E-state index is 6.22. The van der Waals surface area contributed by atoms with E-state index in [1.807, 2.05) is 30.5 Å². The molecule has 5 heteroatoms. The van der Waals surface area contributed by atoms with E-state index in [-0.39, 0.29) is 6.04 Å². The molecule has 1 aliphatic heterocycles. The SMILES string of the molecule is Clc1ccc(C(Cc2ccccn2)N2CCNCC2)cc1Cl. The Morgan fingerprint density at radius 1 is 1.09 bits per heavy atom. The highest BCUT2D eigenvalue weighted by molar-refractivity contribution is 6.42. The fourth-order valence-electron chi connectivity index (χ4n) is 2.89. The van der Waals surface area contributed by atoms with Crippen LogP contribution in [0.25, 0.3) is 0 Å². The van der Waals surface area contributed by atoms with Crippen molar-refractivity contribution >= 4 is 23.2 Å². The fourth-order valence-corrected chi connectivity index (χ4v) is 3.19. The van der Waals surface area contributed by atoms with E-state index >= 15 is 0 Å². The molecule has 116 valence electrons. The minimum absolute atomic E-state index is 0.270. The van der Waals surface area contributed by atoms with Gasteiger partial charge >= 0.3 is 0 Å². The molecule has 3 rings (SSSR count). The number of benzene rings is 1. The largest absolute Gasteiger partial charge is 0.314 e. The van der Waals surface area contributed by atoms with Gasteiger partial charge in [0.1, 0.15) is 0 Å². The van der Waals surface area contributed by atoms with Crippen molar-refractivity contribution in [2.45, 2.75) is 12.5 Å². The lowest BCUT2D eigenvalue weighted by Gasteiger charge is -2.35. The van der Waals surface area contributed by atoms with Crippen molar-refractivity contribution in [1.82, 2.24) is 15.2 Å². The molecule has 22 heavy (non-hydrogen) atoms. The van der Waals surface area contributed by atoms with Gasteiger partial charge in [0.05, 0.1) is 10.0 Å². The first-order valence-corrected chi connectivity index (χ1v) is 8.29. The number of nitrogens with one attached hydrogen (secondary N) is 1. The summed E-state index contributed by atoms with van der Waals surface area (Å²) >= 11 is 12.3. The molecule has 3 nitrogen and oxygen atoms in total. The van der Waals surface area contributed by atoms with Crippen LogP contribution in [0.15, 0.2) is 42.6 Å². The van der Waals surface area contributed by atoms with Crippen LogP contribution in [-0.4, -0.2) is 36.1 Å². The summed E-state index contributed by atoms with van der Waals surface area (Å²) in [6.45, 7) is 4.08. The fraction of sp³-hybridized carbons (Fsp3) is 0.353. The summed E-state index contributed by atoms with van der Waals surface area (Å²) in [4.78, 5) is 6.97. The van der Waals surface area contributed by atoms with Gasteiger partial charge in [0, 0.05) is 50.5 Å². The normalized spacial score (nSPS) is 17.4. The van der Waals surface area contributed by atoms with E-state index in [0.29, 0.717) is 10.0 Å². The zero-order chi connectivity index (χ0) is 15.4. The lowest BCUT2D eigenvalue weighted by molar-refractivity contribution is 0.171. The summed E-state index contributed by atoms with van der Waals surface area (Å²) in [6.07, 6.45) is 2.72. The predicted molar refractivity (Wildman–Crippen MR) is 91.6 cm³/mol. The van der Waals surface area contributed by atoms with Crippen LogP contribution in [0.2, 0.25) is 10.0 Å². The molecular weight excluding hydrogens is 317 g/mol. The summed E-state index contributed by atoms with van der Waals surface area (Å²) in [5.41, 5.74) is 2.29. The molecule has 0 saturated carbocycles. The van der Waals surface area contributed by atoms with Crippen LogP contribution in [0.3, 0.4) is 0 Å². The Bertz CT molecular complexity index is 613. The van der Waals surface area contributed by atoms with Gasteiger partial charge in [-0.15, -0.1) is 0 Å². The predicted octanol–water partition coefficient (Wildman–Crippen LogP) is 3.58. The van der Waals surface area contributed by atoms with Crippen LogP contribution >= 0.6 is 23.2 Å². The molecule has 2 heterocycles. The summed E-state index contributed by atoms with van der Waals surface area (Å²) in [7, 11) is 0. The van der Waals surface area contributed by atoms with Gasteiger partial charge in [0.15, 0.2) is 0 Å². The van der Waals surface area contributed by atoms with Crippen LogP contribution in [-0.2, 0) is 6.42 Å². The summed E-state index contributed by atoms with van der Waals surface area (Å²) in [6, 6.07) is 12.3. The third kappa shape index (κ3) is 3.79. The first-order valence-electron chi connectivity index (χ1n) is 7.53. The second kappa shape index (κ2) is 7.42. The van der Waals surface area contributed by atoms with Crippen molar-refractivity contribution in [3.8, 4) is 0 Å². The molecule has 1 aromatic heterocycles. The van der Waals surface area contributed by atoms with Crippen molar-refractivity contribution < 1.29 is 0 Å². The lowest BCUT2D eigenvalue weighted by atomic mass is 9.99. The average Bonchev–Trinajstić information content (AvgIpc) is 2.57. The zero-order valence-corrected chi connectivity index (χ0v) is 13.8. The Kier molecular flexibility index (Phi) is 5.32. The third-order valence-electron chi connectivity index (χ3n) is 4.05. The van der Waals surface area contributed by atoms with Crippen LogP contribution in [0.1, 0.15) is 17.3 Å². The highest BCUT2D eigenvalue weighted by Crippen LogP contribution is 2.30. The molecule has 1 unspecified atom stereocenters. The van der Waals surface area contributed by atoms with Gasteiger partial charge in [-0.1, -0.05) is 35.3 Å². The van der Waals surface area contributed by atoms with Crippen LogP contribution in [0, 0.1) is 0 Å². The molecule has 1 atom stereocenters. The zero-order valence-electron chi connectivity index (χ0n) is 12.3. The van der Waals surface area contributed by atoms with E-state index in [9.17, 15) is 0 Å². The molecule has 1 aliphatic rings. The van der Waals surface area contributed by atoms with Gasteiger partial charge in [0.25, 0.3) is 0 Å². The minimum atomic E-state index is 0.270. The second-order valence-electron chi connectivity index (χ2n) is 5.50. The number of nitrogens with zero attached hydrogens (tertiary/aromatic N) is 2. The lowest BCUT2D eigenvalue weighted by Crippen LogP contribution is -2.45. The molecular formula is C17H19Cl2N3. The van der Waals surface area contributed by atoms with E-state index in [1.54, 1.807) is 0 Å². The van der Waals surface area contributed by atoms with Crippen molar-refractivity contribution in [3.05, 3.63) is 63.9 Å². The number of halogens is 2. The molecule has 0 radical (unpaired) electrons. The highest BCUT2D eigenvalue weighted by atomic mass is 35.5. The standard InChI is InChI=1S/C17H19Cl2N3/c18-15-5-4-13(11-16(15)19)17(22-9-7-20-8-10-22)12-14-3-1-2-6-21-14/h1-6,11,17,20H,7-10,12H2. The maximum Gasteiger partial charge on any atom is 0.0595 e. The second-order valence-corrected chi connectivity index (χ2v) is 6.31. The Balaban J connectivity index is 1.89. The maximum absolute atomic E-state index is 6.22. The first kappa shape index (κ1) is 15.8. The summed E-state index contributed by atoms with van der Waals surface area (Å²) < 4.78 is 0. The molecule has 1 fully saturated rings. The van der Waals surface area contributed by atoms with Gasteiger partial charge in [-0.25, -0.2) is 0 Å². The van der Waals surface area contributed by atoms with E-state index in [4.69, 9.17) is 23.2 Å². The van der Waals surface area contributed by atoms with Crippen molar-refractivity contribution in [3.63, 3.8) is 0 Å². The molecule has 0 amide bonds. The minimum Gasteiger partial charge on any atom is -0.314 e. The molecule has 2 aromatic rings. The monoisotopic (exact) mass is 335 g/mol. The molecule has 0 spiro atoms. The molecule has 1 aromatic carbocycles. The smallest absolute Gasteiger partial charge is 0.0595 e. The Morgan fingerprint density at radius 2 is 1.91 bits per heavy atom. The highest BCUT2D eigenvalue weighted by Gasteiger charge is 2.23. The van der Waals surface area contributed by atoms with Gasteiger partial charge in [-0.3, -0.25) is 9.88 Å². The van der Waals surface area contributed by atoms with E-state index < -0.39 is 0 Å². The third-order valence-corrected chi connectivity index (χ3v) is 4.79. The van der Waals surface area contributed by atoms with Crippen molar-refractivity contribution in [2.75, 3.05) is 26.2 Å². The number of hydrogen-bond acceptors (Lipinski definition) is 3. The first-order chi connectivity index (χ1) is 10.7. The van der Waals surface area contributed by atoms with Gasteiger partial charge in [-0.2, -0.15) is 0 Å². The van der Waals surface area contributed by atoms with Crippen LogP contribution in [0.5, 0.6) is 0 Å². The van der Waals surface area contributed by atoms with Crippen LogP contribution in [0.4, 0.5) is 0 Å². The summed E-state index contributed by atoms with van der Waals surface area (Å²) in [5, 5.41) is 4.61. The Hall–Kier alpha value is -1.13. The van der Waals surface area contributed by atoms with E-state index in [0.717, 1.165) is 38.3 Å². The van der Waals surface area contributed by atoms with Crippen molar-refractivity contribution in [2.24, 2.45) is 0 Å². The number of pyridine rings is 1. The van der Waals surface area contributed by atoms with Gasteiger partial charge in [0.2, 0.25) is 0 Å². The molecule has 1 saturated heterocycles. The van der Waals surface area contributed by atoms with Gasteiger partial charge in [-0.05, 0) is 29.8 Å². The van der Waals surface area contributed by atoms with Crippen LogP contribution < -0.4 is 5.32 Å². The number of aromatic nitrogens is 1. The quantitative estimate of drug-likeness (QED) is 0.925. The molecule has 1 N–H and O–H groups in total. The Morgan fingerprint density at radius 3 is 2.59 bits per heavy atom. The molecule has 0 bridgehead atoms. The average molecular weight is 336 g/mol. The van der Waals surface area contributed by atoms with E-state index in [1.165, 1.54) is 5.56 Å². The van der Waals surface area contributed by atoms with Gasteiger partial charge < -0.3 is 5.32 Å².